The normalized spacial score (nSPS) is 11.9. The van der Waals surface area contributed by atoms with Crippen LogP contribution in [0.2, 0.25) is 5.02 Å². The van der Waals surface area contributed by atoms with Gasteiger partial charge < -0.3 is 4.57 Å². The molecule has 6 heteroatoms. The van der Waals surface area contributed by atoms with E-state index >= 15 is 0 Å². The molecule has 0 aliphatic heterocycles. The van der Waals surface area contributed by atoms with E-state index in [-0.39, 0.29) is 5.54 Å². The van der Waals surface area contributed by atoms with Crippen LogP contribution in [-0.4, -0.2) is 14.8 Å². The van der Waals surface area contributed by atoms with Crippen LogP contribution in [0.1, 0.15) is 26.6 Å². The van der Waals surface area contributed by atoms with E-state index in [0.29, 0.717) is 10.9 Å². The Bertz CT molecular complexity index is 582. The zero-order valence-corrected chi connectivity index (χ0v) is 14.0. The summed E-state index contributed by atoms with van der Waals surface area (Å²) in [7, 11) is 0. The molecule has 0 N–H and O–H groups in total. The number of nitrogens with zero attached hydrogens (tertiary/aromatic N) is 3. The van der Waals surface area contributed by atoms with Crippen molar-refractivity contribution in [2.75, 3.05) is 0 Å². The van der Waals surface area contributed by atoms with Crippen molar-refractivity contribution in [3.63, 3.8) is 0 Å². The Balaban J connectivity index is 2.66. The first kappa shape index (κ1) is 14.8. The van der Waals surface area contributed by atoms with E-state index in [2.05, 4.69) is 46.9 Å². The molecular weight excluding hydrogens is 349 g/mol. The van der Waals surface area contributed by atoms with Crippen LogP contribution in [0.4, 0.5) is 0 Å². The van der Waals surface area contributed by atoms with Crippen LogP contribution in [0.3, 0.4) is 0 Å². The lowest BCUT2D eigenvalue weighted by Crippen LogP contribution is -2.24. The fraction of sp³-hybridized carbons (Fsp3) is 0.385. The highest BCUT2D eigenvalue weighted by atomic mass is 79.9. The highest BCUT2D eigenvalue weighted by Gasteiger charge is 2.23. The van der Waals surface area contributed by atoms with E-state index < -0.39 is 0 Å². The Morgan fingerprint density at radius 1 is 1.21 bits per heavy atom. The summed E-state index contributed by atoms with van der Waals surface area (Å²) in [6.07, 6.45) is 0. The molecule has 0 radical (unpaired) electrons. The van der Waals surface area contributed by atoms with Crippen molar-refractivity contribution in [2.24, 2.45) is 0 Å². The Kier molecular flexibility index (Phi) is 4.23. The maximum Gasteiger partial charge on any atom is 0.164 e. The average molecular weight is 363 g/mol. The molecule has 0 unspecified atom stereocenters. The topological polar surface area (TPSA) is 30.7 Å². The van der Waals surface area contributed by atoms with Gasteiger partial charge >= 0.3 is 0 Å². The van der Waals surface area contributed by atoms with Crippen molar-refractivity contribution in [3.8, 4) is 11.4 Å². The third kappa shape index (κ3) is 3.12. The van der Waals surface area contributed by atoms with Crippen LogP contribution in [0.15, 0.2) is 22.7 Å². The molecule has 0 bridgehead atoms. The lowest BCUT2D eigenvalue weighted by atomic mass is 10.1. The predicted octanol–water partition coefficient (Wildman–Crippen LogP) is 4.85. The second-order valence-corrected chi connectivity index (χ2v) is 6.86. The van der Waals surface area contributed by atoms with Gasteiger partial charge in [0.25, 0.3) is 0 Å². The zero-order valence-electron chi connectivity index (χ0n) is 10.9. The first-order chi connectivity index (χ1) is 8.82. The van der Waals surface area contributed by atoms with E-state index in [1.165, 1.54) is 0 Å². The van der Waals surface area contributed by atoms with Crippen LogP contribution >= 0.6 is 39.1 Å². The summed E-state index contributed by atoms with van der Waals surface area (Å²) in [5.41, 5.74) is 0.760. The first-order valence-corrected chi connectivity index (χ1v) is 7.50. The second kappa shape index (κ2) is 5.43. The highest BCUT2D eigenvalue weighted by molar-refractivity contribution is 9.10. The summed E-state index contributed by atoms with van der Waals surface area (Å²) in [5.74, 6) is 1.85. The van der Waals surface area contributed by atoms with Crippen LogP contribution < -0.4 is 0 Å². The Morgan fingerprint density at radius 2 is 1.89 bits per heavy atom. The lowest BCUT2D eigenvalue weighted by molar-refractivity contribution is 0.390. The fourth-order valence-electron chi connectivity index (χ4n) is 1.98. The summed E-state index contributed by atoms with van der Waals surface area (Å²) >= 11 is 15.5. The summed E-state index contributed by atoms with van der Waals surface area (Å²) in [6, 6.07) is 5.68. The number of hydrogen-bond acceptors (Lipinski definition) is 2. The van der Waals surface area contributed by atoms with Gasteiger partial charge in [-0.1, -0.05) is 27.5 Å². The third-order valence-electron chi connectivity index (χ3n) is 2.64. The van der Waals surface area contributed by atoms with Crippen molar-refractivity contribution in [1.29, 1.82) is 0 Å². The SMILES string of the molecule is CC(C)(C)n1c(CCl)nnc1-c1cc(Cl)cc(Br)c1. The standard InChI is InChI=1S/C13H14BrCl2N3/c1-13(2,3)19-11(7-15)17-18-12(19)8-4-9(14)6-10(16)5-8/h4-6H,7H2,1-3H3. The summed E-state index contributed by atoms with van der Waals surface area (Å²) in [6.45, 7) is 6.28. The Hall–Kier alpha value is -0.580. The number of aromatic nitrogens is 3. The van der Waals surface area contributed by atoms with Gasteiger partial charge in [-0.25, -0.2) is 0 Å². The monoisotopic (exact) mass is 361 g/mol. The quantitative estimate of drug-likeness (QED) is 0.714. The summed E-state index contributed by atoms with van der Waals surface area (Å²) in [5, 5.41) is 9.07. The number of rotatable bonds is 2. The molecule has 1 heterocycles. The molecule has 0 fully saturated rings. The van der Waals surface area contributed by atoms with E-state index in [1.54, 1.807) is 0 Å². The molecule has 0 saturated heterocycles. The van der Waals surface area contributed by atoms with Gasteiger partial charge in [0.05, 0.1) is 5.88 Å². The van der Waals surface area contributed by atoms with Crippen molar-refractivity contribution in [2.45, 2.75) is 32.2 Å². The van der Waals surface area contributed by atoms with Crippen molar-refractivity contribution < 1.29 is 0 Å². The van der Waals surface area contributed by atoms with Crippen molar-refractivity contribution in [3.05, 3.63) is 33.5 Å². The molecule has 0 aliphatic carbocycles. The maximum atomic E-state index is 6.09. The number of halogens is 3. The van der Waals surface area contributed by atoms with E-state index in [1.807, 2.05) is 22.8 Å². The van der Waals surface area contributed by atoms with Gasteiger partial charge in [0.15, 0.2) is 5.82 Å². The number of benzene rings is 1. The minimum absolute atomic E-state index is 0.155. The average Bonchev–Trinajstić information content (AvgIpc) is 2.70. The molecular formula is C13H14BrCl2N3. The molecule has 0 spiro atoms. The number of hydrogen-bond donors (Lipinski definition) is 0. The van der Waals surface area contributed by atoms with E-state index in [0.717, 1.165) is 21.7 Å². The van der Waals surface area contributed by atoms with Gasteiger partial charge in [0.1, 0.15) is 5.82 Å². The second-order valence-electron chi connectivity index (χ2n) is 5.24. The Morgan fingerprint density at radius 3 is 2.42 bits per heavy atom. The van der Waals surface area contributed by atoms with Crippen LogP contribution in [0.5, 0.6) is 0 Å². The van der Waals surface area contributed by atoms with E-state index in [9.17, 15) is 0 Å². The Labute approximate surface area is 131 Å². The smallest absolute Gasteiger partial charge is 0.164 e. The van der Waals surface area contributed by atoms with Gasteiger partial charge in [0.2, 0.25) is 0 Å². The minimum atomic E-state index is -0.155. The molecule has 1 aromatic carbocycles. The van der Waals surface area contributed by atoms with Crippen LogP contribution in [0, 0.1) is 0 Å². The molecule has 0 saturated carbocycles. The summed E-state index contributed by atoms with van der Waals surface area (Å²) < 4.78 is 2.95. The molecule has 0 aliphatic rings. The molecule has 2 rings (SSSR count). The fourth-order valence-corrected chi connectivity index (χ4v) is 3.01. The third-order valence-corrected chi connectivity index (χ3v) is 3.56. The molecule has 102 valence electrons. The van der Waals surface area contributed by atoms with Gasteiger partial charge in [-0.2, -0.15) is 0 Å². The molecule has 2 aromatic rings. The van der Waals surface area contributed by atoms with E-state index in [4.69, 9.17) is 23.2 Å². The van der Waals surface area contributed by atoms with Gasteiger partial charge in [-0.3, -0.25) is 0 Å². The first-order valence-electron chi connectivity index (χ1n) is 5.80. The molecule has 0 atom stereocenters. The molecule has 3 nitrogen and oxygen atoms in total. The highest BCUT2D eigenvalue weighted by Crippen LogP contribution is 2.30. The maximum absolute atomic E-state index is 6.09. The van der Waals surface area contributed by atoms with Gasteiger partial charge in [-0.05, 0) is 39.0 Å². The van der Waals surface area contributed by atoms with Crippen molar-refractivity contribution >= 4 is 39.1 Å². The molecule has 1 aromatic heterocycles. The predicted molar refractivity (Wildman–Crippen MR) is 82.7 cm³/mol. The van der Waals surface area contributed by atoms with Crippen LogP contribution in [0.25, 0.3) is 11.4 Å². The molecule has 0 amide bonds. The minimum Gasteiger partial charge on any atom is -0.305 e. The lowest BCUT2D eigenvalue weighted by Gasteiger charge is -2.24. The number of alkyl halides is 1. The largest absolute Gasteiger partial charge is 0.305 e. The van der Waals surface area contributed by atoms with Crippen LogP contribution in [-0.2, 0) is 11.4 Å². The summed E-state index contributed by atoms with van der Waals surface area (Å²) in [4.78, 5) is 0. The zero-order chi connectivity index (χ0) is 14.2. The van der Waals surface area contributed by atoms with Gasteiger partial charge in [-0.15, -0.1) is 21.8 Å². The van der Waals surface area contributed by atoms with Crippen molar-refractivity contribution in [1.82, 2.24) is 14.8 Å². The van der Waals surface area contributed by atoms with Gasteiger partial charge in [0, 0.05) is 20.6 Å². The molecule has 19 heavy (non-hydrogen) atoms.